The van der Waals surface area contributed by atoms with Gasteiger partial charge in [0.2, 0.25) is 0 Å². The van der Waals surface area contributed by atoms with E-state index >= 15 is 0 Å². The monoisotopic (exact) mass is 319 g/mol. The van der Waals surface area contributed by atoms with Crippen molar-refractivity contribution in [2.45, 2.75) is 12.6 Å². The lowest BCUT2D eigenvalue weighted by molar-refractivity contribution is -0.0405. The van der Waals surface area contributed by atoms with Crippen molar-refractivity contribution in [3.63, 3.8) is 0 Å². The summed E-state index contributed by atoms with van der Waals surface area (Å²) in [6.07, 6.45) is 2.08. The molecule has 1 aliphatic rings. The summed E-state index contributed by atoms with van der Waals surface area (Å²) in [5.41, 5.74) is 2.12. The van der Waals surface area contributed by atoms with Gasteiger partial charge in [-0.1, -0.05) is 23.7 Å². The molecule has 1 aromatic heterocycles. The normalized spacial score (nSPS) is 19.9. The van der Waals surface area contributed by atoms with Crippen LogP contribution in [0.2, 0.25) is 5.02 Å². The zero-order valence-electron chi connectivity index (χ0n) is 13.1. The van der Waals surface area contributed by atoms with Gasteiger partial charge in [0, 0.05) is 48.3 Å². The summed E-state index contributed by atoms with van der Waals surface area (Å²) in [6, 6.07) is 8.04. The topological polar surface area (TPSA) is 28.6 Å². The van der Waals surface area contributed by atoms with Crippen LogP contribution in [0.4, 0.5) is 0 Å². The second kappa shape index (κ2) is 6.92. The van der Waals surface area contributed by atoms with E-state index in [0.717, 1.165) is 54.3 Å². The summed E-state index contributed by atoms with van der Waals surface area (Å²) in [5.74, 6) is 0. The zero-order chi connectivity index (χ0) is 15.5. The van der Waals surface area contributed by atoms with E-state index in [1.165, 1.54) is 0 Å². The van der Waals surface area contributed by atoms with Gasteiger partial charge in [-0.2, -0.15) is 0 Å². The number of aromatic nitrogens is 1. The van der Waals surface area contributed by atoms with Gasteiger partial charge in [-0.15, -0.1) is 0 Å². The molecule has 1 aliphatic heterocycles. The first-order valence-corrected chi connectivity index (χ1v) is 8.02. The quantitative estimate of drug-likeness (QED) is 0.866. The number of hydrogen-bond donors (Lipinski definition) is 0. The van der Waals surface area contributed by atoms with E-state index in [9.17, 15) is 0 Å². The van der Waals surface area contributed by atoms with Crippen molar-refractivity contribution in [2.24, 2.45) is 0 Å². The fraction of sp³-hybridized carbons (Fsp3) is 0.471. The summed E-state index contributed by atoms with van der Waals surface area (Å²) >= 11 is 6.44. The molecule has 1 atom stereocenters. The Hall–Kier alpha value is -1.20. The molecule has 5 heteroatoms. The van der Waals surface area contributed by atoms with Gasteiger partial charge in [0.05, 0.1) is 18.2 Å². The molecule has 0 N–H and O–H groups in total. The van der Waals surface area contributed by atoms with Gasteiger partial charge in [0.1, 0.15) is 0 Å². The van der Waals surface area contributed by atoms with Crippen LogP contribution in [0.15, 0.2) is 30.5 Å². The van der Waals surface area contributed by atoms with Crippen LogP contribution in [0.1, 0.15) is 5.56 Å². The number of morpholine rings is 1. The highest BCUT2D eigenvalue weighted by Gasteiger charge is 2.22. The molecule has 1 fully saturated rings. The van der Waals surface area contributed by atoms with Crippen molar-refractivity contribution in [3.05, 3.63) is 41.0 Å². The molecule has 3 rings (SSSR count). The van der Waals surface area contributed by atoms with Crippen LogP contribution >= 0.6 is 11.6 Å². The molecule has 0 aliphatic carbocycles. The highest BCUT2D eigenvalue weighted by molar-refractivity contribution is 6.32. The van der Waals surface area contributed by atoms with E-state index < -0.39 is 0 Å². The van der Waals surface area contributed by atoms with Gasteiger partial charge in [-0.3, -0.25) is 9.88 Å². The predicted molar refractivity (Wildman–Crippen MR) is 90.3 cm³/mol. The van der Waals surface area contributed by atoms with Gasteiger partial charge in [-0.05, 0) is 26.2 Å². The van der Waals surface area contributed by atoms with Crippen LogP contribution in [0.3, 0.4) is 0 Å². The zero-order valence-corrected chi connectivity index (χ0v) is 13.9. The Balaban J connectivity index is 1.79. The fourth-order valence-corrected chi connectivity index (χ4v) is 3.21. The van der Waals surface area contributed by atoms with Crippen LogP contribution in [0.5, 0.6) is 0 Å². The molecular weight excluding hydrogens is 298 g/mol. The Kier molecular flexibility index (Phi) is 4.93. The summed E-state index contributed by atoms with van der Waals surface area (Å²) in [7, 11) is 4.15. The standard InChI is InChI=1S/C17H22ClN3O/c1-20(2)10-14-11-21(8-9-22-14)12-15-16(18)6-5-13-4-3-7-19-17(13)15/h3-7,14H,8-12H2,1-2H3. The van der Waals surface area contributed by atoms with Crippen LogP contribution in [0.25, 0.3) is 10.9 Å². The van der Waals surface area contributed by atoms with Crippen molar-refractivity contribution in [1.29, 1.82) is 0 Å². The van der Waals surface area contributed by atoms with Crippen molar-refractivity contribution < 1.29 is 4.74 Å². The third-order valence-corrected chi connectivity index (χ3v) is 4.35. The Morgan fingerprint density at radius 2 is 2.23 bits per heavy atom. The highest BCUT2D eigenvalue weighted by atomic mass is 35.5. The second-order valence-corrected chi connectivity index (χ2v) is 6.50. The third-order valence-electron chi connectivity index (χ3n) is 4.00. The van der Waals surface area contributed by atoms with E-state index in [1.54, 1.807) is 0 Å². The average Bonchev–Trinajstić information content (AvgIpc) is 2.50. The first-order chi connectivity index (χ1) is 10.6. The molecule has 0 bridgehead atoms. The van der Waals surface area contributed by atoms with Crippen LogP contribution < -0.4 is 0 Å². The SMILES string of the molecule is CN(C)CC1CN(Cc2c(Cl)ccc3cccnc23)CCO1. The van der Waals surface area contributed by atoms with Gasteiger partial charge >= 0.3 is 0 Å². The van der Waals surface area contributed by atoms with Gasteiger partial charge in [0.15, 0.2) is 0 Å². The second-order valence-electron chi connectivity index (χ2n) is 6.09. The van der Waals surface area contributed by atoms with Gasteiger partial charge in [-0.25, -0.2) is 0 Å². The Morgan fingerprint density at radius 1 is 1.36 bits per heavy atom. The Labute approximate surface area is 136 Å². The number of fused-ring (bicyclic) bond motifs is 1. The maximum Gasteiger partial charge on any atom is 0.0829 e. The lowest BCUT2D eigenvalue weighted by atomic mass is 10.1. The van der Waals surface area contributed by atoms with Crippen molar-refractivity contribution in [3.8, 4) is 0 Å². The summed E-state index contributed by atoms with van der Waals surface area (Å²) in [4.78, 5) is 9.10. The minimum absolute atomic E-state index is 0.255. The summed E-state index contributed by atoms with van der Waals surface area (Å²) < 4.78 is 5.84. The van der Waals surface area contributed by atoms with Crippen molar-refractivity contribution in [2.75, 3.05) is 40.3 Å². The molecule has 2 heterocycles. The van der Waals surface area contributed by atoms with E-state index in [0.29, 0.717) is 0 Å². The number of likely N-dealkylation sites (N-methyl/N-ethyl adjacent to an activating group) is 1. The molecule has 0 radical (unpaired) electrons. The van der Waals surface area contributed by atoms with E-state index in [1.807, 2.05) is 24.4 Å². The first kappa shape index (κ1) is 15.7. The van der Waals surface area contributed by atoms with E-state index in [-0.39, 0.29) is 6.10 Å². The fourth-order valence-electron chi connectivity index (χ4n) is 3.00. The third kappa shape index (κ3) is 3.58. The Bertz CT molecular complexity index is 647. The number of benzene rings is 1. The van der Waals surface area contributed by atoms with Crippen LogP contribution in [-0.2, 0) is 11.3 Å². The minimum Gasteiger partial charge on any atom is -0.374 e. The predicted octanol–water partition coefficient (Wildman–Crippen LogP) is 2.65. The molecular formula is C17H22ClN3O. The molecule has 1 unspecified atom stereocenters. The van der Waals surface area contributed by atoms with E-state index in [2.05, 4.69) is 34.9 Å². The lowest BCUT2D eigenvalue weighted by Crippen LogP contribution is -2.46. The molecule has 0 spiro atoms. The maximum atomic E-state index is 6.44. The largest absolute Gasteiger partial charge is 0.374 e. The average molecular weight is 320 g/mol. The molecule has 0 amide bonds. The highest BCUT2D eigenvalue weighted by Crippen LogP contribution is 2.26. The number of rotatable bonds is 4. The minimum atomic E-state index is 0.255. The molecule has 0 saturated carbocycles. The molecule has 22 heavy (non-hydrogen) atoms. The molecule has 1 aromatic carbocycles. The molecule has 2 aromatic rings. The molecule has 1 saturated heterocycles. The van der Waals surface area contributed by atoms with Crippen molar-refractivity contribution >= 4 is 22.5 Å². The first-order valence-electron chi connectivity index (χ1n) is 7.64. The maximum absolute atomic E-state index is 6.44. The lowest BCUT2D eigenvalue weighted by Gasteiger charge is -2.34. The molecule has 4 nitrogen and oxygen atoms in total. The number of ether oxygens (including phenoxy) is 1. The van der Waals surface area contributed by atoms with Crippen molar-refractivity contribution in [1.82, 2.24) is 14.8 Å². The van der Waals surface area contributed by atoms with Crippen LogP contribution in [-0.4, -0.2) is 61.2 Å². The Morgan fingerprint density at radius 3 is 3.05 bits per heavy atom. The summed E-state index contributed by atoms with van der Waals surface area (Å²) in [6.45, 7) is 4.40. The van der Waals surface area contributed by atoms with Crippen LogP contribution in [0, 0.1) is 0 Å². The number of nitrogens with zero attached hydrogens (tertiary/aromatic N) is 3. The van der Waals surface area contributed by atoms with Gasteiger partial charge in [0.25, 0.3) is 0 Å². The number of hydrogen-bond acceptors (Lipinski definition) is 4. The number of halogens is 1. The van der Waals surface area contributed by atoms with Gasteiger partial charge < -0.3 is 9.64 Å². The number of pyridine rings is 1. The molecule has 118 valence electrons. The smallest absolute Gasteiger partial charge is 0.0829 e. The summed E-state index contributed by atoms with van der Waals surface area (Å²) in [5, 5.41) is 1.93. The van der Waals surface area contributed by atoms with E-state index in [4.69, 9.17) is 16.3 Å².